The lowest BCUT2D eigenvalue weighted by molar-refractivity contribution is -0.0152. The maximum absolute atomic E-state index is 11.8. The van der Waals surface area contributed by atoms with Crippen molar-refractivity contribution in [3.63, 3.8) is 0 Å². The lowest BCUT2D eigenvalue weighted by Gasteiger charge is -2.20. The van der Waals surface area contributed by atoms with Crippen LogP contribution in [0.3, 0.4) is 0 Å². The van der Waals surface area contributed by atoms with E-state index < -0.39 is 0 Å². The summed E-state index contributed by atoms with van der Waals surface area (Å²) < 4.78 is 18.1. The molecule has 158 valence electrons. The molecule has 0 saturated heterocycles. The van der Waals surface area contributed by atoms with Gasteiger partial charge in [-0.3, -0.25) is 4.79 Å². The van der Waals surface area contributed by atoms with E-state index in [9.17, 15) is 4.79 Å². The van der Waals surface area contributed by atoms with Crippen LogP contribution in [0.25, 0.3) is 10.9 Å². The molecule has 31 heavy (non-hydrogen) atoms. The standard InChI is InChI=1S/C26H25NO4/c28-25-15-14-22-12-7-13-24(26(22)27-25)31-23(18-29-16-20-8-3-1-4-9-20)19-30-17-21-10-5-2-6-11-21/h1-15,23H,16-19H2,(H,27,28). The highest BCUT2D eigenvalue weighted by Crippen LogP contribution is 2.23. The van der Waals surface area contributed by atoms with Crippen molar-refractivity contribution in [3.05, 3.63) is 112 Å². The molecule has 5 heteroatoms. The summed E-state index contributed by atoms with van der Waals surface area (Å²) in [4.78, 5) is 14.7. The molecular weight excluding hydrogens is 390 g/mol. The van der Waals surface area contributed by atoms with Crippen molar-refractivity contribution in [2.45, 2.75) is 19.3 Å². The molecule has 1 aromatic heterocycles. The maximum atomic E-state index is 11.8. The fourth-order valence-corrected chi connectivity index (χ4v) is 3.31. The molecule has 0 radical (unpaired) electrons. The molecule has 3 aromatic carbocycles. The second-order valence-corrected chi connectivity index (χ2v) is 7.28. The molecule has 0 atom stereocenters. The van der Waals surface area contributed by atoms with Crippen LogP contribution in [0.15, 0.2) is 95.8 Å². The van der Waals surface area contributed by atoms with Crippen molar-refractivity contribution >= 4 is 10.9 Å². The van der Waals surface area contributed by atoms with E-state index in [0.29, 0.717) is 37.7 Å². The molecule has 4 rings (SSSR count). The number of benzene rings is 3. The average molecular weight is 415 g/mol. The van der Waals surface area contributed by atoms with E-state index in [1.165, 1.54) is 6.07 Å². The van der Waals surface area contributed by atoms with E-state index in [0.717, 1.165) is 16.5 Å². The third-order valence-corrected chi connectivity index (χ3v) is 4.85. The van der Waals surface area contributed by atoms with Gasteiger partial charge in [-0.2, -0.15) is 0 Å². The van der Waals surface area contributed by atoms with Gasteiger partial charge >= 0.3 is 0 Å². The van der Waals surface area contributed by atoms with Gasteiger partial charge in [0.1, 0.15) is 11.9 Å². The summed E-state index contributed by atoms with van der Waals surface area (Å²) in [6, 6.07) is 29.0. The normalized spacial score (nSPS) is 11.1. The van der Waals surface area contributed by atoms with E-state index in [1.54, 1.807) is 6.07 Å². The molecule has 1 heterocycles. The smallest absolute Gasteiger partial charge is 0.248 e. The molecular formula is C26H25NO4. The second kappa shape index (κ2) is 10.6. The number of aromatic amines is 1. The number of fused-ring (bicyclic) bond motifs is 1. The van der Waals surface area contributed by atoms with Gasteiger partial charge in [0.05, 0.1) is 31.9 Å². The number of ether oxygens (including phenoxy) is 3. The number of para-hydroxylation sites is 1. The van der Waals surface area contributed by atoms with Crippen LogP contribution in [-0.4, -0.2) is 24.3 Å². The Bertz CT molecular complexity index is 1100. The Hall–Kier alpha value is -3.41. The van der Waals surface area contributed by atoms with Crippen molar-refractivity contribution in [1.82, 2.24) is 4.98 Å². The lowest BCUT2D eigenvalue weighted by atomic mass is 10.2. The van der Waals surface area contributed by atoms with Crippen LogP contribution in [0.5, 0.6) is 5.75 Å². The lowest BCUT2D eigenvalue weighted by Crippen LogP contribution is -2.29. The number of rotatable bonds is 10. The zero-order valence-corrected chi connectivity index (χ0v) is 17.2. The SMILES string of the molecule is O=c1ccc2cccc(OC(COCc3ccccc3)COCc3ccccc3)c2[nH]1. The summed E-state index contributed by atoms with van der Waals surface area (Å²) in [5, 5.41) is 0.909. The molecule has 0 aliphatic rings. The zero-order chi connectivity index (χ0) is 21.3. The van der Waals surface area contributed by atoms with Crippen LogP contribution in [0, 0.1) is 0 Å². The molecule has 0 saturated carbocycles. The molecule has 4 aromatic rings. The Morgan fingerprint density at radius 1 is 0.677 bits per heavy atom. The van der Waals surface area contributed by atoms with Crippen molar-refractivity contribution in [2.24, 2.45) is 0 Å². The van der Waals surface area contributed by atoms with Gasteiger partial charge in [-0.25, -0.2) is 0 Å². The van der Waals surface area contributed by atoms with Gasteiger partial charge in [0, 0.05) is 11.5 Å². The Labute approximate surface area is 181 Å². The molecule has 0 aliphatic carbocycles. The number of hydrogen-bond acceptors (Lipinski definition) is 4. The topological polar surface area (TPSA) is 60.6 Å². The number of nitrogens with one attached hydrogen (secondary N) is 1. The van der Waals surface area contributed by atoms with Gasteiger partial charge in [-0.15, -0.1) is 0 Å². The minimum absolute atomic E-state index is 0.166. The van der Waals surface area contributed by atoms with Gasteiger partial charge in [0.2, 0.25) is 5.56 Å². The predicted molar refractivity (Wildman–Crippen MR) is 121 cm³/mol. The van der Waals surface area contributed by atoms with Crippen molar-refractivity contribution in [2.75, 3.05) is 13.2 Å². The quantitative estimate of drug-likeness (QED) is 0.408. The molecule has 0 amide bonds. The molecule has 0 bridgehead atoms. The van der Waals surface area contributed by atoms with Gasteiger partial charge in [-0.05, 0) is 23.3 Å². The van der Waals surface area contributed by atoms with Gasteiger partial charge < -0.3 is 19.2 Å². The van der Waals surface area contributed by atoms with E-state index >= 15 is 0 Å². The molecule has 0 spiro atoms. The number of aromatic nitrogens is 1. The fraction of sp³-hybridized carbons (Fsp3) is 0.192. The highest BCUT2D eigenvalue weighted by molar-refractivity contribution is 5.84. The van der Waals surface area contributed by atoms with Crippen LogP contribution in [0.4, 0.5) is 0 Å². The molecule has 0 aliphatic heterocycles. The largest absolute Gasteiger partial charge is 0.483 e. The third-order valence-electron chi connectivity index (χ3n) is 4.85. The highest BCUT2D eigenvalue weighted by Gasteiger charge is 2.14. The van der Waals surface area contributed by atoms with Crippen LogP contribution in [-0.2, 0) is 22.7 Å². The predicted octanol–water partition coefficient (Wildman–Crippen LogP) is 4.71. The van der Waals surface area contributed by atoms with Crippen molar-refractivity contribution in [1.29, 1.82) is 0 Å². The van der Waals surface area contributed by atoms with Crippen LogP contribution in [0.1, 0.15) is 11.1 Å². The summed E-state index contributed by atoms with van der Waals surface area (Å²) in [6.45, 7) is 1.70. The Morgan fingerprint density at radius 2 is 1.29 bits per heavy atom. The van der Waals surface area contributed by atoms with Crippen LogP contribution < -0.4 is 10.3 Å². The van der Waals surface area contributed by atoms with Crippen molar-refractivity contribution < 1.29 is 14.2 Å². The highest BCUT2D eigenvalue weighted by atomic mass is 16.6. The summed E-state index contributed by atoms with van der Waals surface area (Å²) >= 11 is 0. The summed E-state index contributed by atoms with van der Waals surface area (Å²) in [6.07, 6.45) is -0.332. The Kier molecular flexibility index (Phi) is 7.11. The zero-order valence-electron chi connectivity index (χ0n) is 17.2. The Balaban J connectivity index is 1.44. The number of pyridine rings is 1. The molecule has 1 N–H and O–H groups in total. The number of hydrogen-bond donors (Lipinski definition) is 1. The van der Waals surface area contributed by atoms with Crippen LogP contribution in [0.2, 0.25) is 0 Å². The van der Waals surface area contributed by atoms with Crippen molar-refractivity contribution in [3.8, 4) is 5.75 Å². The average Bonchev–Trinajstić information content (AvgIpc) is 2.81. The summed E-state index contributed by atoms with van der Waals surface area (Å²) in [5.74, 6) is 0.604. The van der Waals surface area contributed by atoms with Gasteiger partial charge in [0.15, 0.2) is 0 Å². The molecule has 0 unspecified atom stereocenters. The first-order valence-corrected chi connectivity index (χ1v) is 10.3. The first-order valence-electron chi connectivity index (χ1n) is 10.3. The first kappa shape index (κ1) is 20.8. The maximum Gasteiger partial charge on any atom is 0.248 e. The molecule has 0 fully saturated rings. The summed E-state index contributed by atoms with van der Waals surface area (Å²) in [7, 11) is 0. The third kappa shape index (κ3) is 6.04. The molecule has 5 nitrogen and oxygen atoms in total. The fourth-order valence-electron chi connectivity index (χ4n) is 3.31. The monoisotopic (exact) mass is 415 g/mol. The van der Waals surface area contributed by atoms with E-state index in [2.05, 4.69) is 4.98 Å². The first-order chi connectivity index (χ1) is 15.3. The van der Waals surface area contributed by atoms with E-state index in [1.807, 2.05) is 78.9 Å². The second-order valence-electron chi connectivity index (χ2n) is 7.28. The van der Waals surface area contributed by atoms with Crippen LogP contribution >= 0.6 is 0 Å². The number of H-pyrrole nitrogens is 1. The van der Waals surface area contributed by atoms with E-state index in [4.69, 9.17) is 14.2 Å². The minimum atomic E-state index is -0.332. The minimum Gasteiger partial charge on any atom is -0.483 e. The van der Waals surface area contributed by atoms with E-state index in [-0.39, 0.29) is 11.7 Å². The van der Waals surface area contributed by atoms with Gasteiger partial charge in [0.25, 0.3) is 0 Å². The van der Waals surface area contributed by atoms with Gasteiger partial charge in [-0.1, -0.05) is 72.8 Å². The summed E-state index contributed by atoms with van der Waals surface area (Å²) in [5.41, 5.74) is 2.70. The Morgan fingerprint density at radius 3 is 1.90 bits per heavy atom.